The number of carbonyl (C=O) groups is 1. The SMILES string of the molecule is Cc1ccc(-c2nc3cccnc3n2CCCNC(=O)c2ccncc2)cc1. The lowest BCUT2D eigenvalue weighted by atomic mass is 10.1. The number of hydrogen-bond acceptors (Lipinski definition) is 4. The Morgan fingerprint density at radius 2 is 1.82 bits per heavy atom. The number of carbonyl (C=O) groups excluding carboxylic acids is 1. The van der Waals surface area contributed by atoms with E-state index < -0.39 is 0 Å². The molecule has 0 saturated carbocycles. The summed E-state index contributed by atoms with van der Waals surface area (Å²) in [5.41, 5.74) is 4.62. The predicted molar refractivity (Wildman–Crippen MR) is 109 cm³/mol. The molecule has 0 spiro atoms. The fourth-order valence-electron chi connectivity index (χ4n) is 3.14. The Bertz CT molecular complexity index is 1090. The van der Waals surface area contributed by atoms with Crippen LogP contribution in [0.15, 0.2) is 67.1 Å². The lowest BCUT2D eigenvalue weighted by molar-refractivity contribution is 0.0952. The zero-order valence-corrected chi connectivity index (χ0v) is 15.7. The van der Waals surface area contributed by atoms with Gasteiger partial charge < -0.3 is 9.88 Å². The Morgan fingerprint density at radius 1 is 1.04 bits per heavy atom. The topological polar surface area (TPSA) is 72.7 Å². The van der Waals surface area contributed by atoms with Crippen molar-refractivity contribution in [1.82, 2.24) is 24.8 Å². The van der Waals surface area contributed by atoms with E-state index in [-0.39, 0.29) is 5.91 Å². The first kappa shape index (κ1) is 17.9. The minimum absolute atomic E-state index is 0.0882. The van der Waals surface area contributed by atoms with Gasteiger partial charge in [0, 0.05) is 42.8 Å². The van der Waals surface area contributed by atoms with E-state index in [0.717, 1.165) is 29.0 Å². The van der Waals surface area contributed by atoms with Crippen molar-refractivity contribution in [2.45, 2.75) is 19.9 Å². The van der Waals surface area contributed by atoms with Crippen molar-refractivity contribution in [3.63, 3.8) is 0 Å². The summed E-state index contributed by atoms with van der Waals surface area (Å²) in [5.74, 6) is 0.809. The second kappa shape index (κ2) is 8.00. The van der Waals surface area contributed by atoms with Crippen LogP contribution >= 0.6 is 0 Å². The van der Waals surface area contributed by atoms with Crippen molar-refractivity contribution in [2.24, 2.45) is 0 Å². The van der Waals surface area contributed by atoms with E-state index in [4.69, 9.17) is 4.98 Å². The highest BCUT2D eigenvalue weighted by molar-refractivity contribution is 5.93. The van der Waals surface area contributed by atoms with Gasteiger partial charge in [-0.2, -0.15) is 0 Å². The summed E-state index contributed by atoms with van der Waals surface area (Å²) in [6.45, 7) is 3.36. The Labute approximate surface area is 163 Å². The van der Waals surface area contributed by atoms with E-state index in [2.05, 4.69) is 51.0 Å². The van der Waals surface area contributed by atoms with Crippen LogP contribution in [0, 0.1) is 6.92 Å². The number of aryl methyl sites for hydroxylation is 2. The van der Waals surface area contributed by atoms with Gasteiger partial charge in [-0.15, -0.1) is 0 Å². The molecule has 1 aromatic carbocycles. The van der Waals surface area contributed by atoms with Crippen molar-refractivity contribution in [2.75, 3.05) is 6.54 Å². The molecule has 1 N–H and O–H groups in total. The molecule has 6 nitrogen and oxygen atoms in total. The maximum atomic E-state index is 12.2. The molecule has 0 unspecified atom stereocenters. The van der Waals surface area contributed by atoms with Crippen LogP contribution in [0.1, 0.15) is 22.3 Å². The number of benzene rings is 1. The number of hydrogen-bond donors (Lipinski definition) is 1. The third kappa shape index (κ3) is 3.76. The second-order valence-electron chi connectivity index (χ2n) is 6.64. The Hall–Kier alpha value is -3.54. The molecule has 0 aliphatic rings. The second-order valence-corrected chi connectivity index (χ2v) is 6.64. The molecule has 1 amide bonds. The number of aromatic nitrogens is 4. The zero-order valence-electron chi connectivity index (χ0n) is 15.7. The van der Waals surface area contributed by atoms with Gasteiger partial charge in [0.2, 0.25) is 0 Å². The van der Waals surface area contributed by atoms with E-state index in [1.54, 1.807) is 30.7 Å². The molecule has 4 rings (SSSR count). The molecule has 140 valence electrons. The third-order valence-electron chi connectivity index (χ3n) is 4.60. The highest BCUT2D eigenvalue weighted by Gasteiger charge is 2.13. The molecule has 0 fully saturated rings. The van der Waals surface area contributed by atoms with Gasteiger partial charge in [0.25, 0.3) is 5.91 Å². The highest BCUT2D eigenvalue weighted by Crippen LogP contribution is 2.24. The minimum Gasteiger partial charge on any atom is -0.352 e. The maximum absolute atomic E-state index is 12.2. The molecule has 3 heterocycles. The van der Waals surface area contributed by atoms with Crippen molar-refractivity contribution >= 4 is 17.1 Å². The third-order valence-corrected chi connectivity index (χ3v) is 4.60. The number of amides is 1. The summed E-state index contributed by atoms with van der Waals surface area (Å²) < 4.78 is 2.12. The highest BCUT2D eigenvalue weighted by atomic mass is 16.1. The quantitative estimate of drug-likeness (QED) is 0.526. The predicted octanol–water partition coefficient (Wildman–Crippen LogP) is 3.62. The molecular weight excluding hydrogens is 350 g/mol. The number of rotatable bonds is 6. The molecule has 4 aromatic rings. The molecule has 0 radical (unpaired) electrons. The molecule has 0 atom stereocenters. The minimum atomic E-state index is -0.0882. The monoisotopic (exact) mass is 371 g/mol. The fraction of sp³-hybridized carbons (Fsp3) is 0.182. The lowest BCUT2D eigenvalue weighted by Gasteiger charge is -2.10. The molecule has 28 heavy (non-hydrogen) atoms. The first-order chi connectivity index (χ1) is 13.7. The largest absolute Gasteiger partial charge is 0.352 e. The normalized spacial score (nSPS) is 10.9. The standard InChI is InChI=1S/C22H21N5O/c1-16-5-7-17(8-6-16)20-26-19-4-2-11-24-21(19)27(20)15-3-12-25-22(28)18-9-13-23-14-10-18/h2,4-11,13-14H,3,12,15H2,1H3,(H,25,28). The van der Waals surface area contributed by atoms with E-state index in [0.29, 0.717) is 18.7 Å². The van der Waals surface area contributed by atoms with E-state index in [1.165, 1.54) is 5.56 Å². The smallest absolute Gasteiger partial charge is 0.251 e. The van der Waals surface area contributed by atoms with Gasteiger partial charge in [-0.05, 0) is 37.6 Å². The lowest BCUT2D eigenvalue weighted by Crippen LogP contribution is -2.25. The maximum Gasteiger partial charge on any atom is 0.251 e. The molecule has 0 saturated heterocycles. The van der Waals surface area contributed by atoms with Crippen molar-refractivity contribution in [1.29, 1.82) is 0 Å². The first-order valence-electron chi connectivity index (χ1n) is 9.29. The van der Waals surface area contributed by atoms with Crippen LogP contribution in [0.2, 0.25) is 0 Å². The summed E-state index contributed by atoms with van der Waals surface area (Å²) in [5, 5.41) is 2.96. The van der Waals surface area contributed by atoms with Gasteiger partial charge in [0.15, 0.2) is 5.65 Å². The first-order valence-corrected chi connectivity index (χ1v) is 9.29. The van der Waals surface area contributed by atoms with Crippen LogP contribution in [0.5, 0.6) is 0 Å². The van der Waals surface area contributed by atoms with E-state index in [9.17, 15) is 4.79 Å². The summed E-state index contributed by atoms with van der Waals surface area (Å²) in [6, 6.07) is 15.6. The molecule has 6 heteroatoms. The van der Waals surface area contributed by atoms with Crippen LogP contribution < -0.4 is 5.32 Å². The number of fused-ring (bicyclic) bond motifs is 1. The molecule has 0 aliphatic heterocycles. The summed E-state index contributed by atoms with van der Waals surface area (Å²) >= 11 is 0. The van der Waals surface area contributed by atoms with Crippen LogP contribution in [-0.4, -0.2) is 32.0 Å². The zero-order chi connectivity index (χ0) is 19.3. The number of imidazole rings is 1. The van der Waals surface area contributed by atoms with Crippen molar-refractivity contribution < 1.29 is 4.79 Å². The number of nitrogens with one attached hydrogen (secondary N) is 1. The average Bonchev–Trinajstić information content (AvgIpc) is 3.11. The van der Waals surface area contributed by atoms with Crippen LogP contribution in [0.3, 0.4) is 0 Å². The summed E-state index contributed by atoms with van der Waals surface area (Å²) in [4.78, 5) is 25.4. The summed E-state index contributed by atoms with van der Waals surface area (Å²) in [7, 11) is 0. The fourth-order valence-corrected chi connectivity index (χ4v) is 3.14. The van der Waals surface area contributed by atoms with Gasteiger partial charge in [-0.25, -0.2) is 9.97 Å². The Morgan fingerprint density at radius 3 is 2.61 bits per heavy atom. The molecule has 0 aliphatic carbocycles. The molecule has 3 aromatic heterocycles. The van der Waals surface area contributed by atoms with Gasteiger partial charge >= 0.3 is 0 Å². The molecule has 0 bridgehead atoms. The van der Waals surface area contributed by atoms with Crippen LogP contribution in [-0.2, 0) is 6.54 Å². The van der Waals surface area contributed by atoms with Crippen LogP contribution in [0.4, 0.5) is 0 Å². The van der Waals surface area contributed by atoms with E-state index in [1.807, 2.05) is 12.1 Å². The average molecular weight is 371 g/mol. The summed E-state index contributed by atoms with van der Waals surface area (Å²) in [6.07, 6.45) is 5.79. The Balaban J connectivity index is 1.50. The van der Waals surface area contributed by atoms with Crippen LogP contribution in [0.25, 0.3) is 22.6 Å². The van der Waals surface area contributed by atoms with E-state index >= 15 is 0 Å². The number of nitrogens with zero attached hydrogens (tertiary/aromatic N) is 4. The van der Waals surface area contributed by atoms with Gasteiger partial charge in [-0.1, -0.05) is 29.8 Å². The van der Waals surface area contributed by atoms with Gasteiger partial charge in [0.05, 0.1) is 0 Å². The van der Waals surface area contributed by atoms with Crippen molar-refractivity contribution in [3.05, 3.63) is 78.2 Å². The molecular formula is C22H21N5O. The number of pyridine rings is 2. The van der Waals surface area contributed by atoms with Gasteiger partial charge in [0.1, 0.15) is 11.3 Å². The Kier molecular flexibility index (Phi) is 5.10. The van der Waals surface area contributed by atoms with Crippen molar-refractivity contribution in [3.8, 4) is 11.4 Å². The van der Waals surface area contributed by atoms with Gasteiger partial charge in [-0.3, -0.25) is 9.78 Å².